The molecule has 2 aromatic heterocycles. The molecule has 0 spiro atoms. The van der Waals surface area contributed by atoms with Crippen LogP contribution < -0.4 is 20.5 Å². The average Bonchev–Trinajstić information content (AvgIpc) is 3.47. The molecule has 1 atom stereocenters. The van der Waals surface area contributed by atoms with Gasteiger partial charge in [0.2, 0.25) is 31.8 Å². The van der Waals surface area contributed by atoms with E-state index >= 15 is 0 Å². The van der Waals surface area contributed by atoms with E-state index in [0.717, 1.165) is 12.5 Å². The van der Waals surface area contributed by atoms with Crippen molar-refractivity contribution in [2.45, 2.75) is 28.8 Å². The molecule has 0 radical (unpaired) electrons. The molecule has 1 aromatic carbocycles. The Bertz CT molecular complexity index is 1350. The summed E-state index contributed by atoms with van der Waals surface area (Å²) in [5.74, 6) is 0.357. The van der Waals surface area contributed by atoms with Crippen molar-refractivity contribution in [1.82, 2.24) is 34.9 Å². The maximum absolute atomic E-state index is 13.1. The molecule has 1 unspecified atom stereocenters. The number of fused-ring (bicyclic) bond motifs is 1. The van der Waals surface area contributed by atoms with Crippen LogP contribution in [0.4, 0.5) is 11.6 Å². The van der Waals surface area contributed by atoms with Crippen molar-refractivity contribution in [1.29, 1.82) is 0 Å². The van der Waals surface area contributed by atoms with Crippen LogP contribution in [0.25, 0.3) is 11.4 Å². The van der Waals surface area contributed by atoms with Crippen LogP contribution in [-0.4, -0.2) is 77.9 Å². The summed E-state index contributed by atoms with van der Waals surface area (Å²) in [6.07, 6.45) is 4.10. The van der Waals surface area contributed by atoms with Gasteiger partial charge in [-0.05, 0) is 23.8 Å². The second-order valence-electron chi connectivity index (χ2n) is 7.23. The van der Waals surface area contributed by atoms with Crippen molar-refractivity contribution in [3.8, 4) is 11.4 Å². The van der Waals surface area contributed by atoms with E-state index in [-0.39, 0.29) is 23.6 Å². The summed E-state index contributed by atoms with van der Waals surface area (Å²) in [6.45, 7) is 0.374. The highest BCUT2D eigenvalue weighted by molar-refractivity contribution is 7.92. The van der Waals surface area contributed by atoms with E-state index in [4.69, 9.17) is 10.9 Å². The van der Waals surface area contributed by atoms with Gasteiger partial charge in [-0.15, -0.1) is 10.2 Å². The Morgan fingerprint density at radius 3 is 2.67 bits per heavy atom. The molecule has 0 saturated carbocycles. The molecule has 17 heteroatoms. The first-order valence-corrected chi connectivity index (χ1v) is 12.8. The summed E-state index contributed by atoms with van der Waals surface area (Å²) < 4.78 is 55.8. The summed E-state index contributed by atoms with van der Waals surface area (Å²) in [4.78, 5) is 4.70. The van der Waals surface area contributed by atoms with Crippen LogP contribution >= 0.6 is 0 Å². The van der Waals surface area contributed by atoms with Crippen molar-refractivity contribution in [3.05, 3.63) is 24.5 Å². The van der Waals surface area contributed by atoms with Crippen molar-refractivity contribution in [3.63, 3.8) is 0 Å². The Hall–Kier alpha value is -2.96. The Morgan fingerprint density at radius 1 is 1.24 bits per heavy atom. The number of benzene rings is 1. The van der Waals surface area contributed by atoms with Gasteiger partial charge < -0.3 is 20.3 Å². The molecule has 0 bridgehead atoms. The number of nitrogens with two attached hydrogens (primary N) is 2. The number of H-pyrrole nitrogens is 1. The summed E-state index contributed by atoms with van der Waals surface area (Å²) in [6, 6.07) is 1.51. The first-order chi connectivity index (χ1) is 15.7. The number of nitrogens with zero attached hydrogens (tertiary/aromatic N) is 6. The average molecular weight is 499 g/mol. The number of aliphatic hydroxyl groups excluding tert-OH is 1. The van der Waals surface area contributed by atoms with Crippen LogP contribution in [0.2, 0.25) is 0 Å². The van der Waals surface area contributed by atoms with Gasteiger partial charge >= 0.3 is 0 Å². The second-order valence-corrected chi connectivity index (χ2v) is 10.4. The van der Waals surface area contributed by atoms with E-state index in [2.05, 4.69) is 30.3 Å². The number of tetrazole rings is 1. The van der Waals surface area contributed by atoms with E-state index in [9.17, 15) is 21.9 Å². The maximum atomic E-state index is 13.1. The van der Waals surface area contributed by atoms with E-state index in [1.165, 1.54) is 6.07 Å². The molecule has 0 aliphatic carbocycles. The van der Waals surface area contributed by atoms with Crippen molar-refractivity contribution in [2.75, 3.05) is 24.6 Å². The lowest BCUT2D eigenvalue weighted by molar-refractivity contribution is 0.259. The van der Waals surface area contributed by atoms with Gasteiger partial charge in [-0.25, -0.2) is 31.7 Å². The highest BCUT2D eigenvalue weighted by Gasteiger charge is 2.35. The zero-order valence-electron chi connectivity index (χ0n) is 17.2. The lowest BCUT2D eigenvalue weighted by atomic mass is 10.1. The quantitative estimate of drug-likeness (QED) is 0.225. The molecular formula is C16H22N10O5S2. The molecule has 1 aliphatic heterocycles. The normalized spacial score (nSPS) is 15.4. The first kappa shape index (κ1) is 23.2. The molecule has 15 nitrogen and oxygen atoms in total. The largest absolute Gasteiger partial charge is 0.395 e. The molecule has 178 valence electrons. The summed E-state index contributed by atoms with van der Waals surface area (Å²) >= 11 is 0. The van der Waals surface area contributed by atoms with Gasteiger partial charge in [0.1, 0.15) is 9.79 Å². The topological polar surface area (TPSA) is 228 Å². The number of aliphatic hydroxyl groups is 1. The number of aromatic amines is 1. The molecular weight excluding hydrogens is 476 g/mol. The van der Waals surface area contributed by atoms with Crippen LogP contribution in [0, 0.1) is 0 Å². The van der Waals surface area contributed by atoms with Crippen LogP contribution in [0.1, 0.15) is 6.42 Å². The molecule has 33 heavy (non-hydrogen) atoms. The fourth-order valence-electron chi connectivity index (χ4n) is 3.65. The van der Waals surface area contributed by atoms with Gasteiger partial charge in [0.05, 0.1) is 23.9 Å². The van der Waals surface area contributed by atoms with E-state index in [0.29, 0.717) is 19.0 Å². The summed E-state index contributed by atoms with van der Waals surface area (Å²) in [5, 5.41) is 28.4. The van der Waals surface area contributed by atoms with Crippen molar-refractivity contribution >= 4 is 31.7 Å². The number of sulfonamides is 2. The van der Waals surface area contributed by atoms with Gasteiger partial charge in [0, 0.05) is 32.0 Å². The lowest BCUT2D eigenvalue weighted by Gasteiger charge is -2.31. The fourth-order valence-corrected chi connectivity index (χ4v) is 6.48. The number of aryl methyl sites for hydroxylation is 1. The maximum Gasteiger partial charge on any atom is 0.242 e. The summed E-state index contributed by atoms with van der Waals surface area (Å²) in [5.41, 5.74) is 5.61. The molecule has 7 N–H and O–H groups in total. The van der Waals surface area contributed by atoms with Crippen molar-refractivity contribution < 1.29 is 21.9 Å². The lowest BCUT2D eigenvalue weighted by Crippen LogP contribution is -2.43. The number of aromatic nitrogens is 6. The van der Waals surface area contributed by atoms with Crippen LogP contribution in [0.3, 0.4) is 0 Å². The zero-order chi connectivity index (χ0) is 23.8. The molecule has 1 aliphatic rings. The Labute approximate surface area is 188 Å². The SMILES string of the molecule is NCC(CO)NS(=O)(=O)c1ccc(N2CCCn3ccnc32)c(-c2nn[nH]n2)c1S(N)(=O)=O. The standard InChI is InChI=1S/C16H22N10O5S2/c17-8-10(9-27)22-33(30,31)12-3-2-11(26-6-1-5-25-7-4-19-16(25)26)13(14(12)32(18,28)29)15-20-23-24-21-15/h2-4,7,10,22,27H,1,5-6,8-9,17H2,(H2,18,28,29)(H,20,21,23,24). The number of nitrogens with one attached hydrogen (secondary N) is 2. The van der Waals surface area contributed by atoms with Crippen LogP contribution in [-0.2, 0) is 26.6 Å². The third-order valence-electron chi connectivity index (χ3n) is 5.08. The van der Waals surface area contributed by atoms with Gasteiger partial charge in [0.25, 0.3) is 0 Å². The second kappa shape index (κ2) is 8.76. The minimum absolute atomic E-state index is 0.154. The van der Waals surface area contributed by atoms with Gasteiger partial charge in [-0.3, -0.25) is 0 Å². The number of primary sulfonamides is 1. The number of anilines is 2. The first-order valence-electron chi connectivity index (χ1n) is 9.73. The number of rotatable bonds is 8. The minimum atomic E-state index is -4.64. The number of hydrogen-bond acceptors (Lipinski definition) is 11. The van der Waals surface area contributed by atoms with E-state index in [1.54, 1.807) is 17.3 Å². The number of hydrogen-bond donors (Lipinski definition) is 5. The predicted molar refractivity (Wildman–Crippen MR) is 115 cm³/mol. The molecule has 0 fully saturated rings. The molecule has 3 heterocycles. The van der Waals surface area contributed by atoms with Crippen molar-refractivity contribution in [2.24, 2.45) is 10.9 Å². The third-order valence-corrected chi connectivity index (χ3v) is 7.76. The van der Waals surface area contributed by atoms with Crippen LogP contribution in [0.5, 0.6) is 0 Å². The minimum Gasteiger partial charge on any atom is -0.395 e. The smallest absolute Gasteiger partial charge is 0.242 e. The van der Waals surface area contributed by atoms with Gasteiger partial charge in [-0.2, -0.15) is 5.21 Å². The predicted octanol–water partition coefficient (Wildman–Crippen LogP) is -2.15. The van der Waals surface area contributed by atoms with Gasteiger partial charge in [0.15, 0.2) is 0 Å². The highest BCUT2D eigenvalue weighted by atomic mass is 32.2. The Kier molecular flexibility index (Phi) is 6.16. The van der Waals surface area contributed by atoms with Crippen LogP contribution in [0.15, 0.2) is 34.3 Å². The highest BCUT2D eigenvalue weighted by Crippen LogP contribution is 2.41. The zero-order valence-corrected chi connectivity index (χ0v) is 18.8. The summed E-state index contributed by atoms with van der Waals surface area (Å²) in [7, 11) is -9.12. The third kappa shape index (κ3) is 4.33. The Morgan fingerprint density at radius 2 is 2.03 bits per heavy atom. The van der Waals surface area contributed by atoms with E-state index < -0.39 is 42.5 Å². The Balaban J connectivity index is 2.01. The monoisotopic (exact) mass is 498 g/mol. The molecule has 0 amide bonds. The fraction of sp³-hybridized carbons (Fsp3) is 0.375. The number of imidazole rings is 1. The van der Waals surface area contributed by atoms with E-state index in [1.807, 2.05) is 4.57 Å². The molecule has 3 aromatic rings. The molecule has 4 rings (SSSR count). The molecule has 0 saturated heterocycles. The van der Waals surface area contributed by atoms with Gasteiger partial charge in [-0.1, -0.05) is 0 Å².